The first kappa shape index (κ1) is 19.8. The summed E-state index contributed by atoms with van der Waals surface area (Å²) in [6.07, 6.45) is 10.0. The number of carbonyl (C=O) groups is 4. The maximum atomic E-state index is 12.4. The van der Waals surface area contributed by atoms with Crippen LogP contribution in [0.25, 0.3) is 0 Å². The molecule has 7 nitrogen and oxygen atoms in total. The molecular formula is C20H30N2O5. The number of hydrogen-bond acceptors (Lipinski definition) is 5. The topological polar surface area (TPSA) is 92.8 Å². The number of imide groups is 1. The Morgan fingerprint density at radius 1 is 0.889 bits per heavy atom. The van der Waals surface area contributed by atoms with E-state index in [0.29, 0.717) is 0 Å². The molecule has 1 aliphatic heterocycles. The third kappa shape index (κ3) is 5.08. The molecule has 2 atom stereocenters. The summed E-state index contributed by atoms with van der Waals surface area (Å²) in [5.74, 6) is -1.54. The highest BCUT2D eigenvalue weighted by Gasteiger charge is 2.47. The van der Waals surface area contributed by atoms with Gasteiger partial charge in [-0.2, -0.15) is 0 Å². The fraction of sp³-hybridized carbons (Fsp3) is 0.800. The molecule has 150 valence electrons. The molecule has 27 heavy (non-hydrogen) atoms. The smallest absolute Gasteiger partial charge is 0.308 e. The van der Waals surface area contributed by atoms with Gasteiger partial charge in [-0.05, 0) is 25.7 Å². The van der Waals surface area contributed by atoms with Gasteiger partial charge in [0.2, 0.25) is 11.8 Å². The monoisotopic (exact) mass is 378 g/mol. The quantitative estimate of drug-likeness (QED) is 0.433. The summed E-state index contributed by atoms with van der Waals surface area (Å²) in [7, 11) is 0. The summed E-state index contributed by atoms with van der Waals surface area (Å²) >= 11 is 0. The minimum absolute atomic E-state index is 0.0493. The highest BCUT2D eigenvalue weighted by molar-refractivity contribution is 6.05. The van der Waals surface area contributed by atoms with Gasteiger partial charge in [-0.1, -0.05) is 38.5 Å². The van der Waals surface area contributed by atoms with E-state index in [4.69, 9.17) is 4.74 Å². The molecule has 1 saturated heterocycles. The van der Waals surface area contributed by atoms with E-state index in [9.17, 15) is 19.2 Å². The zero-order chi connectivity index (χ0) is 19.2. The zero-order valence-corrected chi connectivity index (χ0v) is 15.9. The molecule has 0 spiro atoms. The second kappa shape index (κ2) is 9.33. The third-order valence-electron chi connectivity index (χ3n) is 6.06. The number of rotatable bonds is 6. The molecule has 2 aliphatic carbocycles. The first-order valence-corrected chi connectivity index (χ1v) is 10.4. The number of nitrogens with zero attached hydrogens (tertiary/aromatic N) is 1. The van der Waals surface area contributed by atoms with Crippen molar-refractivity contribution >= 4 is 23.7 Å². The lowest BCUT2D eigenvalue weighted by atomic mass is 9.81. The fourth-order valence-corrected chi connectivity index (χ4v) is 4.57. The van der Waals surface area contributed by atoms with Gasteiger partial charge in [0.15, 0.2) is 6.61 Å². The van der Waals surface area contributed by atoms with E-state index >= 15 is 0 Å². The van der Waals surface area contributed by atoms with Crippen LogP contribution in [0.5, 0.6) is 0 Å². The van der Waals surface area contributed by atoms with Crippen molar-refractivity contribution in [2.75, 3.05) is 13.2 Å². The summed E-state index contributed by atoms with van der Waals surface area (Å²) < 4.78 is 5.03. The molecule has 3 aliphatic rings. The van der Waals surface area contributed by atoms with Crippen LogP contribution in [-0.2, 0) is 23.9 Å². The van der Waals surface area contributed by atoms with E-state index in [1.165, 1.54) is 17.7 Å². The van der Waals surface area contributed by atoms with Crippen molar-refractivity contribution in [3.05, 3.63) is 0 Å². The summed E-state index contributed by atoms with van der Waals surface area (Å²) in [4.78, 5) is 49.8. The van der Waals surface area contributed by atoms with Gasteiger partial charge in [0.05, 0.1) is 18.3 Å². The Balaban J connectivity index is 1.37. The maximum absolute atomic E-state index is 12.4. The number of nitrogens with one attached hydrogen (secondary N) is 1. The van der Waals surface area contributed by atoms with Crippen LogP contribution in [0.1, 0.15) is 70.6 Å². The van der Waals surface area contributed by atoms with Gasteiger partial charge in [0.25, 0.3) is 5.91 Å². The number of esters is 1. The minimum atomic E-state index is -0.554. The molecule has 3 rings (SSSR count). The molecule has 3 fully saturated rings. The lowest BCUT2D eigenvalue weighted by Crippen LogP contribution is -2.38. The normalized spacial score (nSPS) is 26.4. The van der Waals surface area contributed by atoms with Gasteiger partial charge >= 0.3 is 5.97 Å². The van der Waals surface area contributed by atoms with Crippen LogP contribution >= 0.6 is 0 Å². The van der Waals surface area contributed by atoms with Gasteiger partial charge in [0, 0.05) is 12.6 Å². The average Bonchev–Trinajstić information content (AvgIpc) is 2.84. The van der Waals surface area contributed by atoms with Gasteiger partial charge in [0.1, 0.15) is 0 Å². The Hall–Kier alpha value is -1.92. The van der Waals surface area contributed by atoms with Crippen molar-refractivity contribution in [3.63, 3.8) is 0 Å². The molecule has 3 amide bonds. The van der Waals surface area contributed by atoms with Crippen LogP contribution < -0.4 is 5.32 Å². The number of carbonyl (C=O) groups excluding carboxylic acids is 4. The second-order valence-corrected chi connectivity index (χ2v) is 7.99. The Morgan fingerprint density at radius 3 is 2.04 bits per heavy atom. The molecule has 0 radical (unpaired) electrons. The fourth-order valence-electron chi connectivity index (χ4n) is 4.57. The Bertz CT molecular complexity index is 559. The van der Waals surface area contributed by atoms with Crippen LogP contribution in [0.2, 0.25) is 0 Å². The van der Waals surface area contributed by atoms with Gasteiger partial charge in [-0.25, -0.2) is 0 Å². The Kier molecular flexibility index (Phi) is 6.85. The number of ether oxygens (including phenoxy) is 1. The van der Waals surface area contributed by atoms with E-state index in [0.717, 1.165) is 51.4 Å². The minimum Gasteiger partial charge on any atom is -0.456 e. The standard InChI is InChI=1S/C20H30N2O5/c23-17(21-14-7-3-1-2-4-8-14)13-27-18(24)11-12-22-19(25)15-9-5-6-10-16(15)20(22)26/h14-16H,1-13H2,(H,21,23). The van der Waals surface area contributed by atoms with E-state index in [1.54, 1.807) is 0 Å². The Labute approximate surface area is 160 Å². The number of amides is 3. The molecular weight excluding hydrogens is 348 g/mol. The van der Waals surface area contributed by atoms with E-state index in [2.05, 4.69) is 5.32 Å². The molecule has 2 unspecified atom stereocenters. The van der Waals surface area contributed by atoms with E-state index < -0.39 is 5.97 Å². The summed E-state index contributed by atoms with van der Waals surface area (Å²) in [5.41, 5.74) is 0. The van der Waals surface area contributed by atoms with Gasteiger partial charge in [-0.15, -0.1) is 0 Å². The van der Waals surface area contributed by atoms with Gasteiger partial charge in [-0.3, -0.25) is 24.1 Å². The van der Waals surface area contributed by atoms with Crippen molar-refractivity contribution in [3.8, 4) is 0 Å². The lowest BCUT2D eigenvalue weighted by Gasteiger charge is -2.19. The van der Waals surface area contributed by atoms with Gasteiger partial charge < -0.3 is 10.1 Å². The highest BCUT2D eigenvalue weighted by Crippen LogP contribution is 2.37. The second-order valence-electron chi connectivity index (χ2n) is 7.99. The van der Waals surface area contributed by atoms with Crippen LogP contribution in [0.3, 0.4) is 0 Å². The molecule has 1 N–H and O–H groups in total. The predicted octanol–water partition coefficient (Wildman–Crippen LogP) is 1.93. The largest absolute Gasteiger partial charge is 0.456 e. The third-order valence-corrected chi connectivity index (χ3v) is 6.06. The predicted molar refractivity (Wildman–Crippen MR) is 97.4 cm³/mol. The van der Waals surface area contributed by atoms with Crippen molar-refractivity contribution in [2.24, 2.45) is 11.8 Å². The van der Waals surface area contributed by atoms with E-state index in [-0.39, 0.29) is 55.2 Å². The van der Waals surface area contributed by atoms with Crippen molar-refractivity contribution < 1.29 is 23.9 Å². The summed E-state index contributed by atoms with van der Waals surface area (Å²) in [5, 5.41) is 2.92. The van der Waals surface area contributed by atoms with Crippen molar-refractivity contribution in [1.82, 2.24) is 10.2 Å². The summed E-state index contributed by atoms with van der Waals surface area (Å²) in [6, 6.07) is 0.168. The van der Waals surface area contributed by atoms with E-state index in [1.807, 2.05) is 0 Å². The van der Waals surface area contributed by atoms with Crippen LogP contribution in [0, 0.1) is 11.8 Å². The van der Waals surface area contributed by atoms with Crippen LogP contribution in [0.4, 0.5) is 0 Å². The molecule has 1 heterocycles. The lowest BCUT2D eigenvalue weighted by molar-refractivity contribution is -0.150. The zero-order valence-electron chi connectivity index (χ0n) is 15.9. The first-order valence-electron chi connectivity index (χ1n) is 10.4. The number of fused-ring (bicyclic) bond motifs is 1. The summed E-state index contributed by atoms with van der Waals surface area (Å²) in [6.45, 7) is -0.254. The molecule has 0 aromatic carbocycles. The molecule has 0 aromatic heterocycles. The maximum Gasteiger partial charge on any atom is 0.308 e. The molecule has 0 aromatic rings. The first-order chi connectivity index (χ1) is 13.1. The van der Waals surface area contributed by atoms with Crippen LogP contribution in [-0.4, -0.2) is 47.8 Å². The SMILES string of the molecule is O=C(COC(=O)CCN1C(=O)C2CCCCC2C1=O)NC1CCCCCC1. The molecule has 0 bridgehead atoms. The van der Waals surface area contributed by atoms with Crippen molar-refractivity contribution in [1.29, 1.82) is 0 Å². The average molecular weight is 378 g/mol. The number of hydrogen-bond donors (Lipinski definition) is 1. The van der Waals surface area contributed by atoms with Crippen LogP contribution in [0.15, 0.2) is 0 Å². The van der Waals surface area contributed by atoms with Crippen molar-refractivity contribution in [2.45, 2.75) is 76.7 Å². The number of likely N-dealkylation sites (tertiary alicyclic amines) is 1. The Morgan fingerprint density at radius 2 is 1.44 bits per heavy atom. The molecule has 2 saturated carbocycles. The highest BCUT2D eigenvalue weighted by atomic mass is 16.5. The molecule has 7 heteroatoms.